The predicted molar refractivity (Wildman–Crippen MR) is 78.9 cm³/mol. The van der Waals surface area contributed by atoms with E-state index in [9.17, 15) is 9.59 Å². The summed E-state index contributed by atoms with van der Waals surface area (Å²) in [7, 11) is 1.51. The largest absolute Gasteiger partial charge is 0.375 e. The van der Waals surface area contributed by atoms with Gasteiger partial charge in [0, 0.05) is 52.4 Å². The van der Waals surface area contributed by atoms with Crippen LogP contribution in [-0.2, 0) is 14.3 Å². The van der Waals surface area contributed by atoms with Crippen molar-refractivity contribution in [1.29, 1.82) is 0 Å². The molecule has 0 bridgehead atoms. The number of methoxy groups -OCH3 is 1. The van der Waals surface area contributed by atoms with E-state index in [-0.39, 0.29) is 24.5 Å². The van der Waals surface area contributed by atoms with Gasteiger partial charge in [-0.05, 0) is 12.8 Å². The van der Waals surface area contributed by atoms with E-state index in [4.69, 9.17) is 4.74 Å². The summed E-state index contributed by atoms with van der Waals surface area (Å²) in [4.78, 5) is 27.8. The summed E-state index contributed by atoms with van der Waals surface area (Å²) in [5.74, 6) is 0.127. The molecule has 2 aliphatic heterocycles. The lowest BCUT2D eigenvalue weighted by Gasteiger charge is -2.34. The summed E-state index contributed by atoms with van der Waals surface area (Å²) in [6, 6.07) is 0.163. The maximum atomic E-state index is 12.3. The van der Waals surface area contributed by atoms with Crippen molar-refractivity contribution < 1.29 is 14.3 Å². The van der Waals surface area contributed by atoms with Gasteiger partial charge in [-0.2, -0.15) is 0 Å². The Labute approximate surface area is 126 Å². The fourth-order valence-corrected chi connectivity index (χ4v) is 2.83. The first-order valence-electron chi connectivity index (χ1n) is 7.68. The van der Waals surface area contributed by atoms with Crippen molar-refractivity contribution in [2.75, 3.05) is 59.5 Å². The van der Waals surface area contributed by atoms with Gasteiger partial charge >= 0.3 is 0 Å². The van der Waals surface area contributed by atoms with Crippen molar-refractivity contribution in [3.63, 3.8) is 0 Å². The van der Waals surface area contributed by atoms with E-state index in [1.807, 2.05) is 4.90 Å². The third-order valence-electron chi connectivity index (χ3n) is 4.06. The number of hydrogen-bond acceptors (Lipinski definition) is 5. The lowest BCUT2D eigenvalue weighted by atomic mass is 10.0. The van der Waals surface area contributed by atoms with Gasteiger partial charge in [-0.25, -0.2) is 0 Å². The van der Waals surface area contributed by atoms with E-state index in [0.29, 0.717) is 6.54 Å². The van der Waals surface area contributed by atoms with Crippen molar-refractivity contribution in [2.45, 2.75) is 18.9 Å². The van der Waals surface area contributed by atoms with Crippen molar-refractivity contribution in [3.05, 3.63) is 0 Å². The molecular weight excluding hydrogens is 272 g/mol. The van der Waals surface area contributed by atoms with E-state index in [2.05, 4.69) is 15.5 Å². The van der Waals surface area contributed by atoms with Crippen LogP contribution in [0.5, 0.6) is 0 Å². The maximum Gasteiger partial charge on any atom is 0.246 e. The molecule has 2 aliphatic rings. The quantitative estimate of drug-likeness (QED) is 0.656. The average Bonchev–Trinajstić information content (AvgIpc) is 2.49. The number of piperidine rings is 1. The number of amides is 2. The summed E-state index contributed by atoms with van der Waals surface area (Å²) in [6.45, 7) is 5.86. The van der Waals surface area contributed by atoms with Crippen LogP contribution < -0.4 is 10.6 Å². The van der Waals surface area contributed by atoms with Gasteiger partial charge in [0.15, 0.2) is 0 Å². The maximum absolute atomic E-state index is 12.3. The highest BCUT2D eigenvalue weighted by atomic mass is 16.5. The van der Waals surface area contributed by atoms with Crippen LogP contribution in [0.4, 0.5) is 0 Å². The second kappa shape index (κ2) is 8.31. The van der Waals surface area contributed by atoms with Gasteiger partial charge < -0.3 is 20.3 Å². The molecule has 0 saturated carbocycles. The van der Waals surface area contributed by atoms with Crippen LogP contribution in [0, 0.1) is 0 Å². The Morgan fingerprint density at radius 3 is 2.48 bits per heavy atom. The first-order chi connectivity index (χ1) is 10.2. The topological polar surface area (TPSA) is 73.9 Å². The third-order valence-corrected chi connectivity index (χ3v) is 4.06. The Hall–Kier alpha value is -1.18. The zero-order chi connectivity index (χ0) is 15.1. The number of piperazine rings is 1. The average molecular weight is 298 g/mol. The number of ether oxygens (including phenoxy) is 1. The Balaban J connectivity index is 1.67. The number of carbonyl (C=O) groups excluding carboxylic acids is 2. The van der Waals surface area contributed by atoms with Crippen LogP contribution >= 0.6 is 0 Å². The summed E-state index contributed by atoms with van der Waals surface area (Å²) in [5, 5.41) is 6.22. The van der Waals surface area contributed by atoms with Crippen molar-refractivity contribution in [2.24, 2.45) is 0 Å². The molecule has 7 heteroatoms. The van der Waals surface area contributed by atoms with E-state index in [0.717, 1.165) is 52.1 Å². The molecular formula is C14H26N4O3. The third kappa shape index (κ3) is 5.26. The van der Waals surface area contributed by atoms with Crippen LogP contribution in [0.25, 0.3) is 0 Å². The second-order valence-electron chi connectivity index (χ2n) is 5.68. The molecule has 120 valence electrons. The normalized spacial score (nSPS) is 21.3. The van der Waals surface area contributed by atoms with E-state index in [1.54, 1.807) is 0 Å². The molecule has 21 heavy (non-hydrogen) atoms. The lowest BCUT2D eigenvalue weighted by Crippen LogP contribution is -2.51. The van der Waals surface area contributed by atoms with Gasteiger partial charge in [-0.1, -0.05) is 0 Å². The fourth-order valence-electron chi connectivity index (χ4n) is 2.83. The zero-order valence-corrected chi connectivity index (χ0v) is 12.8. The number of rotatable bonds is 5. The van der Waals surface area contributed by atoms with Gasteiger partial charge in [0.1, 0.15) is 6.61 Å². The molecule has 0 unspecified atom stereocenters. The van der Waals surface area contributed by atoms with Crippen molar-refractivity contribution >= 4 is 11.8 Å². The molecule has 2 heterocycles. The van der Waals surface area contributed by atoms with Gasteiger partial charge in [0.2, 0.25) is 11.8 Å². The summed E-state index contributed by atoms with van der Waals surface area (Å²) >= 11 is 0. The Morgan fingerprint density at radius 1 is 1.19 bits per heavy atom. The Morgan fingerprint density at radius 2 is 1.86 bits per heavy atom. The molecule has 2 amide bonds. The van der Waals surface area contributed by atoms with Crippen molar-refractivity contribution in [3.8, 4) is 0 Å². The second-order valence-corrected chi connectivity index (χ2v) is 5.68. The molecule has 0 aromatic heterocycles. The first kappa shape index (κ1) is 16.2. The molecule has 7 nitrogen and oxygen atoms in total. The van der Waals surface area contributed by atoms with Crippen LogP contribution in [0.3, 0.4) is 0 Å². The Bertz CT molecular complexity index is 350. The van der Waals surface area contributed by atoms with E-state index < -0.39 is 0 Å². The molecule has 2 rings (SSSR count). The number of nitrogens with zero attached hydrogens (tertiary/aromatic N) is 2. The SMILES string of the molecule is COCC(=O)NC1CCN(C(=O)CN2CCNCC2)CC1. The molecule has 2 fully saturated rings. The lowest BCUT2D eigenvalue weighted by molar-refractivity contribution is -0.133. The van der Waals surface area contributed by atoms with Crippen LogP contribution in [0.1, 0.15) is 12.8 Å². The van der Waals surface area contributed by atoms with Gasteiger partial charge in [0.05, 0.1) is 6.54 Å². The first-order valence-corrected chi connectivity index (χ1v) is 7.68. The number of hydrogen-bond donors (Lipinski definition) is 2. The highest BCUT2D eigenvalue weighted by Crippen LogP contribution is 2.11. The molecule has 2 N–H and O–H groups in total. The van der Waals surface area contributed by atoms with E-state index in [1.165, 1.54) is 7.11 Å². The zero-order valence-electron chi connectivity index (χ0n) is 12.8. The smallest absolute Gasteiger partial charge is 0.246 e. The minimum absolute atomic E-state index is 0.0805. The van der Waals surface area contributed by atoms with Gasteiger partial charge in [-0.15, -0.1) is 0 Å². The minimum Gasteiger partial charge on any atom is -0.375 e. The molecule has 0 radical (unpaired) electrons. The fraction of sp³-hybridized carbons (Fsp3) is 0.857. The summed E-state index contributed by atoms with van der Waals surface area (Å²) < 4.78 is 4.80. The highest BCUT2D eigenvalue weighted by Gasteiger charge is 2.25. The molecule has 0 aromatic rings. The van der Waals surface area contributed by atoms with Crippen molar-refractivity contribution in [1.82, 2.24) is 20.4 Å². The highest BCUT2D eigenvalue weighted by molar-refractivity contribution is 5.79. The molecule has 2 saturated heterocycles. The molecule has 0 atom stereocenters. The number of likely N-dealkylation sites (tertiary alicyclic amines) is 1. The number of nitrogens with one attached hydrogen (secondary N) is 2. The van der Waals surface area contributed by atoms with Crippen LogP contribution in [-0.4, -0.2) is 87.2 Å². The molecule has 0 aliphatic carbocycles. The van der Waals surface area contributed by atoms with Crippen LogP contribution in [0.2, 0.25) is 0 Å². The van der Waals surface area contributed by atoms with Gasteiger partial charge in [-0.3, -0.25) is 14.5 Å². The standard InChI is InChI=1S/C14H26N4O3/c1-21-11-13(19)16-12-2-6-18(7-3-12)14(20)10-17-8-4-15-5-9-17/h12,15H,2-11H2,1H3,(H,16,19). The van der Waals surface area contributed by atoms with E-state index >= 15 is 0 Å². The molecule has 0 aromatic carbocycles. The van der Waals surface area contributed by atoms with Gasteiger partial charge in [0.25, 0.3) is 0 Å². The van der Waals surface area contributed by atoms with Crippen LogP contribution in [0.15, 0.2) is 0 Å². The number of carbonyl (C=O) groups is 2. The molecule has 0 spiro atoms. The Kier molecular flexibility index (Phi) is 6.41. The predicted octanol–water partition coefficient (Wildman–Crippen LogP) is -1.35. The summed E-state index contributed by atoms with van der Waals surface area (Å²) in [5.41, 5.74) is 0. The minimum atomic E-state index is -0.0805. The monoisotopic (exact) mass is 298 g/mol. The summed E-state index contributed by atoms with van der Waals surface area (Å²) in [6.07, 6.45) is 1.64.